The van der Waals surface area contributed by atoms with Crippen LogP contribution in [0.15, 0.2) is 72.8 Å². The Balaban J connectivity index is 1.07. The maximum atomic E-state index is 12.9. The number of nitrogens with zero attached hydrogens (tertiary/aromatic N) is 3. The van der Waals surface area contributed by atoms with E-state index in [1.807, 2.05) is 49.3 Å². The molecule has 6 heteroatoms. The van der Waals surface area contributed by atoms with E-state index in [9.17, 15) is 4.79 Å². The summed E-state index contributed by atoms with van der Waals surface area (Å²) < 4.78 is 0. The topological polar surface area (TPSA) is 70.2 Å². The SMILES string of the molecule is CCCCCCc1ccc(-c2ccc(C(=O)NC[C@H]3CC[C@@H](Nc4nc(N(C)C)c5ccccc5n4)CC3)cc2)cc1. The minimum absolute atomic E-state index is 0.00463. The summed E-state index contributed by atoms with van der Waals surface area (Å²) in [6.07, 6.45) is 10.5. The van der Waals surface area contributed by atoms with Crippen LogP contribution >= 0.6 is 0 Å². The van der Waals surface area contributed by atoms with Gasteiger partial charge in [-0.05, 0) is 85.4 Å². The number of unbranched alkanes of at least 4 members (excludes halogenated alkanes) is 3. The van der Waals surface area contributed by atoms with Crippen molar-refractivity contribution in [3.63, 3.8) is 0 Å². The lowest BCUT2D eigenvalue weighted by Gasteiger charge is -2.29. The minimum atomic E-state index is 0.00463. The number of amides is 1. The number of carbonyl (C=O) groups is 1. The number of hydrogen-bond donors (Lipinski definition) is 2. The van der Waals surface area contributed by atoms with Gasteiger partial charge in [-0.3, -0.25) is 4.79 Å². The molecule has 0 unspecified atom stereocenters. The number of carbonyl (C=O) groups excluding carboxylic acids is 1. The van der Waals surface area contributed by atoms with Crippen LogP contribution in [0.3, 0.4) is 0 Å². The van der Waals surface area contributed by atoms with Crippen molar-refractivity contribution in [1.29, 1.82) is 0 Å². The van der Waals surface area contributed by atoms with Crippen molar-refractivity contribution in [2.24, 2.45) is 5.92 Å². The molecule has 0 radical (unpaired) electrons. The molecule has 1 aliphatic rings. The minimum Gasteiger partial charge on any atom is -0.362 e. The van der Waals surface area contributed by atoms with Gasteiger partial charge in [-0.25, -0.2) is 4.98 Å². The fraction of sp³-hybridized carbons (Fsp3) is 0.417. The van der Waals surface area contributed by atoms with E-state index in [0.717, 1.165) is 54.4 Å². The van der Waals surface area contributed by atoms with Crippen LogP contribution in [-0.4, -0.2) is 42.6 Å². The molecule has 0 aliphatic heterocycles. The van der Waals surface area contributed by atoms with Gasteiger partial charge in [0.15, 0.2) is 0 Å². The Morgan fingerprint density at radius 3 is 2.21 bits per heavy atom. The first-order valence-electron chi connectivity index (χ1n) is 15.7. The predicted molar refractivity (Wildman–Crippen MR) is 175 cm³/mol. The van der Waals surface area contributed by atoms with E-state index in [4.69, 9.17) is 9.97 Å². The Morgan fingerprint density at radius 2 is 1.52 bits per heavy atom. The van der Waals surface area contributed by atoms with Gasteiger partial charge < -0.3 is 15.5 Å². The van der Waals surface area contributed by atoms with Crippen LogP contribution in [0.2, 0.25) is 0 Å². The van der Waals surface area contributed by atoms with Gasteiger partial charge in [0.25, 0.3) is 5.91 Å². The van der Waals surface area contributed by atoms with Gasteiger partial charge in [0.05, 0.1) is 5.52 Å². The van der Waals surface area contributed by atoms with Crippen molar-refractivity contribution >= 4 is 28.6 Å². The molecular formula is C36H45N5O. The Morgan fingerprint density at radius 1 is 0.833 bits per heavy atom. The molecule has 1 saturated carbocycles. The Labute approximate surface area is 251 Å². The molecule has 0 bridgehead atoms. The van der Waals surface area contributed by atoms with Gasteiger partial charge in [-0.2, -0.15) is 4.98 Å². The molecule has 4 aromatic rings. The number of hydrogen-bond acceptors (Lipinski definition) is 5. The van der Waals surface area contributed by atoms with Crippen molar-refractivity contribution in [3.8, 4) is 11.1 Å². The predicted octanol–water partition coefficient (Wildman–Crippen LogP) is 7.89. The van der Waals surface area contributed by atoms with Gasteiger partial charge in [-0.1, -0.05) is 74.7 Å². The molecule has 0 saturated heterocycles. The van der Waals surface area contributed by atoms with E-state index in [2.05, 4.69) is 60.0 Å². The average molecular weight is 564 g/mol. The summed E-state index contributed by atoms with van der Waals surface area (Å²) in [5.74, 6) is 2.11. The van der Waals surface area contributed by atoms with Gasteiger partial charge in [0.2, 0.25) is 5.95 Å². The molecular weight excluding hydrogens is 518 g/mol. The zero-order valence-corrected chi connectivity index (χ0v) is 25.4. The van der Waals surface area contributed by atoms with Gasteiger partial charge in [0.1, 0.15) is 5.82 Å². The summed E-state index contributed by atoms with van der Waals surface area (Å²) in [6.45, 7) is 2.96. The first-order chi connectivity index (χ1) is 20.5. The lowest BCUT2D eigenvalue weighted by molar-refractivity contribution is 0.0943. The lowest BCUT2D eigenvalue weighted by Crippen LogP contribution is -2.34. The van der Waals surface area contributed by atoms with E-state index in [-0.39, 0.29) is 5.91 Å². The largest absolute Gasteiger partial charge is 0.362 e. The van der Waals surface area contributed by atoms with Crippen LogP contribution < -0.4 is 15.5 Å². The van der Waals surface area contributed by atoms with E-state index in [1.165, 1.54) is 36.8 Å². The second-order valence-corrected chi connectivity index (χ2v) is 11.9. The van der Waals surface area contributed by atoms with E-state index in [1.54, 1.807) is 0 Å². The zero-order valence-electron chi connectivity index (χ0n) is 25.4. The summed E-state index contributed by atoms with van der Waals surface area (Å²) in [5, 5.41) is 7.82. The van der Waals surface area contributed by atoms with Gasteiger partial charge in [0, 0.05) is 37.6 Å². The van der Waals surface area contributed by atoms with E-state index < -0.39 is 0 Å². The normalized spacial score (nSPS) is 16.7. The Bertz CT molecular complexity index is 1440. The van der Waals surface area contributed by atoms with Crippen LogP contribution in [0.25, 0.3) is 22.0 Å². The number of nitrogens with one attached hydrogen (secondary N) is 2. The maximum Gasteiger partial charge on any atom is 0.251 e. The Kier molecular flexibility index (Phi) is 10.1. The molecule has 3 aromatic carbocycles. The highest BCUT2D eigenvalue weighted by Gasteiger charge is 2.23. The van der Waals surface area contributed by atoms with Crippen molar-refractivity contribution in [3.05, 3.63) is 83.9 Å². The van der Waals surface area contributed by atoms with Gasteiger partial charge >= 0.3 is 0 Å². The third-order valence-electron chi connectivity index (χ3n) is 8.49. The molecule has 42 heavy (non-hydrogen) atoms. The third kappa shape index (κ3) is 7.67. The molecule has 6 nitrogen and oxygen atoms in total. The highest BCUT2D eigenvalue weighted by molar-refractivity contribution is 5.94. The molecule has 1 aromatic heterocycles. The second kappa shape index (κ2) is 14.3. The molecule has 1 amide bonds. The first-order valence-corrected chi connectivity index (χ1v) is 15.7. The highest BCUT2D eigenvalue weighted by Crippen LogP contribution is 2.28. The Hall–Kier alpha value is -3.93. The van der Waals surface area contributed by atoms with E-state index >= 15 is 0 Å². The summed E-state index contributed by atoms with van der Waals surface area (Å²) in [4.78, 5) is 24.5. The fourth-order valence-electron chi connectivity index (χ4n) is 5.93. The van der Waals surface area contributed by atoms with Crippen LogP contribution in [-0.2, 0) is 6.42 Å². The van der Waals surface area contributed by atoms with Crippen LogP contribution in [0.4, 0.5) is 11.8 Å². The van der Waals surface area contributed by atoms with Crippen LogP contribution in [0.5, 0.6) is 0 Å². The van der Waals surface area contributed by atoms with Crippen LogP contribution in [0, 0.1) is 5.92 Å². The summed E-state index contributed by atoms with van der Waals surface area (Å²) in [6, 6.07) is 25.3. The van der Waals surface area contributed by atoms with Crippen molar-refractivity contribution in [2.75, 3.05) is 30.9 Å². The number of aryl methyl sites for hydroxylation is 1. The molecule has 1 heterocycles. The number of rotatable bonds is 12. The smallest absolute Gasteiger partial charge is 0.251 e. The molecule has 220 valence electrons. The summed E-state index contributed by atoms with van der Waals surface area (Å²) in [5.41, 5.74) is 5.40. The van der Waals surface area contributed by atoms with Crippen molar-refractivity contribution in [2.45, 2.75) is 70.8 Å². The fourth-order valence-corrected chi connectivity index (χ4v) is 5.93. The monoisotopic (exact) mass is 563 g/mol. The molecule has 2 N–H and O–H groups in total. The molecule has 5 rings (SSSR count). The molecule has 0 atom stereocenters. The summed E-state index contributed by atoms with van der Waals surface area (Å²) >= 11 is 0. The number of anilines is 2. The highest BCUT2D eigenvalue weighted by atomic mass is 16.1. The third-order valence-corrected chi connectivity index (χ3v) is 8.49. The number of aromatic nitrogens is 2. The lowest BCUT2D eigenvalue weighted by atomic mass is 9.86. The number of benzene rings is 3. The maximum absolute atomic E-state index is 12.9. The average Bonchev–Trinajstić information content (AvgIpc) is 3.02. The van der Waals surface area contributed by atoms with Crippen molar-refractivity contribution < 1.29 is 4.79 Å². The first kappa shape index (κ1) is 29.6. The zero-order chi connectivity index (χ0) is 29.3. The molecule has 1 fully saturated rings. The standard InChI is InChI=1S/C36H45N5O/c1-4-5-6-7-10-26-13-17-28(18-14-26)29-19-21-30(22-20-29)35(42)37-25-27-15-23-31(24-16-27)38-36-39-33-12-9-8-11-32(33)34(40-36)41(2)3/h8-9,11-14,17-22,27,31H,4-7,10,15-16,23-25H2,1-3H3,(H,37,42)(H,38,39,40)/t27-,31+. The molecule has 0 spiro atoms. The number of para-hydroxylation sites is 1. The van der Waals surface area contributed by atoms with Crippen molar-refractivity contribution in [1.82, 2.24) is 15.3 Å². The van der Waals surface area contributed by atoms with Crippen LogP contribution in [0.1, 0.15) is 74.2 Å². The molecule has 1 aliphatic carbocycles. The quantitative estimate of drug-likeness (QED) is 0.172. The van der Waals surface area contributed by atoms with E-state index in [0.29, 0.717) is 30.0 Å². The van der Waals surface area contributed by atoms with Gasteiger partial charge in [-0.15, -0.1) is 0 Å². The second-order valence-electron chi connectivity index (χ2n) is 11.9. The number of fused-ring (bicyclic) bond motifs is 1. The summed E-state index contributed by atoms with van der Waals surface area (Å²) in [7, 11) is 4.03.